The molecule has 4 heteroatoms. The van der Waals surface area contributed by atoms with Gasteiger partial charge in [0.05, 0.1) is 0 Å². The molecule has 0 atom stereocenters. The average Bonchev–Trinajstić information content (AvgIpc) is 2.27. The second kappa shape index (κ2) is 4.00. The molecule has 4 nitrogen and oxygen atoms in total. The molecule has 1 aromatic rings. The van der Waals surface area contributed by atoms with E-state index in [1.807, 2.05) is 12.1 Å². The second-order valence-corrected chi connectivity index (χ2v) is 3.91. The predicted molar refractivity (Wildman–Crippen MR) is 55.7 cm³/mol. The molecule has 0 bridgehead atoms. The number of nitrogens with zero attached hydrogens (tertiary/aromatic N) is 1. The van der Waals surface area contributed by atoms with Crippen LogP contribution in [0.3, 0.4) is 0 Å². The molecule has 0 aliphatic carbocycles. The number of hydroxylamine groups is 1. The van der Waals surface area contributed by atoms with E-state index in [-0.39, 0.29) is 0 Å². The van der Waals surface area contributed by atoms with Crippen LogP contribution in [0.2, 0.25) is 0 Å². The van der Waals surface area contributed by atoms with Gasteiger partial charge in [-0.1, -0.05) is 6.07 Å². The van der Waals surface area contributed by atoms with Crippen molar-refractivity contribution in [2.75, 3.05) is 13.6 Å². The van der Waals surface area contributed by atoms with Crippen molar-refractivity contribution in [2.45, 2.75) is 13.0 Å². The Labute approximate surface area is 88.5 Å². The Bertz CT molecular complexity index is 390. The Hall–Kier alpha value is -1.39. The lowest BCUT2D eigenvalue weighted by Crippen LogP contribution is -2.27. The van der Waals surface area contributed by atoms with Gasteiger partial charge in [-0.2, -0.15) is 0 Å². The summed E-state index contributed by atoms with van der Waals surface area (Å²) in [6.45, 7) is 1.94. The summed E-state index contributed by atoms with van der Waals surface area (Å²) in [5.41, 5.74) is 4.63. The van der Waals surface area contributed by atoms with E-state index in [1.165, 1.54) is 11.1 Å². The highest BCUT2D eigenvalue weighted by Gasteiger charge is 2.14. The van der Waals surface area contributed by atoms with E-state index in [0.29, 0.717) is 5.56 Å². The summed E-state index contributed by atoms with van der Waals surface area (Å²) in [6.07, 6.45) is 0.957. The predicted octanol–water partition coefficient (Wildman–Crippen LogP) is 0.793. The maximum Gasteiger partial charge on any atom is 0.274 e. The molecule has 0 spiro atoms. The minimum Gasteiger partial charge on any atom is -0.302 e. The molecule has 1 amide bonds. The van der Waals surface area contributed by atoms with Crippen LogP contribution in [0.4, 0.5) is 0 Å². The molecular weight excluding hydrogens is 192 g/mol. The van der Waals surface area contributed by atoms with Crippen LogP contribution in [0.5, 0.6) is 0 Å². The van der Waals surface area contributed by atoms with E-state index in [0.717, 1.165) is 19.5 Å². The van der Waals surface area contributed by atoms with E-state index in [2.05, 4.69) is 11.9 Å². The number of benzene rings is 1. The monoisotopic (exact) mass is 206 g/mol. The molecule has 15 heavy (non-hydrogen) atoms. The van der Waals surface area contributed by atoms with Gasteiger partial charge < -0.3 is 4.90 Å². The van der Waals surface area contributed by atoms with Gasteiger partial charge in [-0.15, -0.1) is 0 Å². The summed E-state index contributed by atoms with van der Waals surface area (Å²) in [7, 11) is 2.08. The fraction of sp³-hybridized carbons (Fsp3) is 0.364. The summed E-state index contributed by atoms with van der Waals surface area (Å²) < 4.78 is 0. The molecule has 80 valence electrons. The van der Waals surface area contributed by atoms with Gasteiger partial charge in [0.1, 0.15) is 0 Å². The van der Waals surface area contributed by atoms with Crippen molar-refractivity contribution < 1.29 is 10.0 Å². The maximum absolute atomic E-state index is 11.2. The fourth-order valence-corrected chi connectivity index (χ4v) is 1.90. The lowest BCUT2D eigenvalue weighted by Gasteiger charge is -2.25. The van der Waals surface area contributed by atoms with E-state index >= 15 is 0 Å². The lowest BCUT2D eigenvalue weighted by atomic mass is 9.97. The van der Waals surface area contributed by atoms with Crippen LogP contribution in [0.15, 0.2) is 18.2 Å². The summed E-state index contributed by atoms with van der Waals surface area (Å²) in [6, 6.07) is 5.55. The van der Waals surface area contributed by atoms with Gasteiger partial charge in [0.25, 0.3) is 5.91 Å². The Morgan fingerprint density at radius 3 is 3.00 bits per heavy atom. The van der Waals surface area contributed by atoms with Gasteiger partial charge in [0, 0.05) is 18.7 Å². The smallest absolute Gasteiger partial charge is 0.274 e. The highest BCUT2D eigenvalue weighted by atomic mass is 16.5. The first-order valence-electron chi connectivity index (χ1n) is 4.95. The zero-order chi connectivity index (χ0) is 10.8. The second-order valence-electron chi connectivity index (χ2n) is 3.91. The summed E-state index contributed by atoms with van der Waals surface area (Å²) in [5.74, 6) is -0.447. The fourth-order valence-electron chi connectivity index (χ4n) is 1.90. The molecule has 0 saturated heterocycles. The number of amides is 1. The molecule has 0 aromatic heterocycles. The maximum atomic E-state index is 11.2. The van der Waals surface area contributed by atoms with Crippen LogP contribution < -0.4 is 5.48 Å². The Morgan fingerprint density at radius 2 is 2.27 bits per heavy atom. The third-order valence-electron chi connectivity index (χ3n) is 2.77. The van der Waals surface area contributed by atoms with Gasteiger partial charge >= 0.3 is 0 Å². The van der Waals surface area contributed by atoms with Crippen LogP contribution in [0.1, 0.15) is 21.5 Å². The topological polar surface area (TPSA) is 52.6 Å². The van der Waals surface area contributed by atoms with Gasteiger partial charge in [0.2, 0.25) is 0 Å². The van der Waals surface area contributed by atoms with Crippen molar-refractivity contribution in [3.05, 3.63) is 34.9 Å². The van der Waals surface area contributed by atoms with E-state index in [9.17, 15) is 4.79 Å². The van der Waals surface area contributed by atoms with Crippen LogP contribution in [-0.2, 0) is 13.0 Å². The molecule has 2 rings (SSSR count). The first-order valence-corrected chi connectivity index (χ1v) is 4.95. The largest absolute Gasteiger partial charge is 0.302 e. The number of hydrogen-bond donors (Lipinski definition) is 2. The average molecular weight is 206 g/mol. The van der Waals surface area contributed by atoms with Crippen molar-refractivity contribution in [3.8, 4) is 0 Å². The zero-order valence-corrected chi connectivity index (χ0v) is 8.66. The highest BCUT2D eigenvalue weighted by molar-refractivity contribution is 5.93. The van der Waals surface area contributed by atoms with Gasteiger partial charge in [-0.25, -0.2) is 5.48 Å². The molecule has 1 aromatic carbocycles. The number of carbonyl (C=O) groups is 1. The molecule has 0 fully saturated rings. The molecule has 1 heterocycles. The highest BCUT2D eigenvalue weighted by Crippen LogP contribution is 2.19. The molecule has 1 aliphatic heterocycles. The molecule has 0 unspecified atom stereocenters. The van der Waals surface area contributed by atoms with E-state index < -0.39 is 5.91 Å². The minimum atomic E-state index is -0.447. The quantitative estimate of drug-likeness (QED) is 0.527. The number of carbonyl (C=O) groups excluding carboxylic acids is 1. The molecule has 2 N–H and O–H groups in total. The lowest BCUT2D eigenvalue weighted by molar-refractivity contribution is 0.0706. The summed E-state index contributed by atoms with van der Waals surface area (Å²) >= 11 is 0. The van der Waals surface area contributed by atoms with Gasteiger partial charge in [-0.3, -0.25) is 10.0 Å². The van der Waals surface area contributed by atoms with E-state index in [4.69, 9.17) is 5.21 Å². The first kappa shape index (κ1) is 10.1. The summed E-state index contributed by atoms with van der Waals surface area (Å²) in [4.78, 5) is 13.4. The van der Waals surface area contributed by atoms with Crippen molar-refractivity contribution in [1.29, 1.82) is 0 Å². The number of hydrogen-bond acceptors (Lipinski definition) is 3. The minimum absolute atomic E-state index is 0.447. The SMILES string of the molecule is CN1CCc2cc(C(=O)NO)ccc2C1. The van der Waals surface area contributed by atoms with Crippen molar-refractivity contribution >= 4 is 5.91 Å². The third-order valence-corrected chi connectivity index (χ3v) is 2.77. The number of likely N-dealkylation sites (N-methyl/N-ethyl adjacent to an activating group) is 1. The van der Waals surface area contributed by atoms with Gasteiger partial charge in [-0.05, 0) is 36.7 Å². The molecule has 1 aliphatic rings. The Kier molecular flexibility index (Phi) is 2.70. The van der Waals surface area contributed by atoms with Crippen LogP contribution >= 0.6 is 0 Å². The van der Waals surface area contributed by atoms with E-state index in [1.54, 1.807) is 11.5 Å². The molecule has 0 radical (unpaired) electrons. The number of fused-ring (bicyclic) bond motifs is 1. The summed E-state index contributed by atoms with van der Waals surface area (Å²) in [5, 5.41) is 8.53. The standard InChI is InChI=1S/C11H14N2O2/c1-13-5-4-8-6-9(11(14)12-15)2-3-10(8)7-13/h2-3,6,15H,4-5,7H2,1H3,(H,12,14). The third kappa shape index (κ3) is 2.00. The van der Waals surface area contributed by atoms with Crippen molar-refractivity contribution in [3.63, 3.8) is 0 Å². The van der Waals surface area contributed by atoms with Crippen molar-refractivity contribution in [1.82, 2.24) is 10.4 Å². The Balaban J connectivity index is 2.30. The zero-order valence-electron chi connectivity index (χ0n) is 8.66. The first-order chi connectivity index (χ1) is 7.20. The normalized spacial score (nSPS) is 15.9. The van der Waals surface area contributed by atoms with Crippen LogP contribution in [-0.4, -0.2) is 29.6 Å². The number of nitrogens with one attached hydrogen (secondary N) is 1. The number of rotatable bonds is 1. The molecular formula is C11H14N2O2. The van der Waals surface area contributed by atoms with Gasteiger partial charge in [0.15, 0.2) is 0 Å². The Morgan fingerprint density at radius 1 is 1.47 bits per heavy atom. The van der Waals surface area contributed by atoms with Crippen LogP contribution in [0.25, 0.3) is 0 Å². The van der Waals surface area contributed by atoms with Crippen molar-refractivity contribution in [2.24, 2.45) is 0 Å². The van der Waals surface area contributed by atoms with Crippen LogP contribution in [0, 0.1) is 0 Å². The molecule has 0 saturated carbocycles.